The molecule has 0 radical (unpaired) electrons. The SMILES string of the molecule is CC(N)CCNC(=O)C1CC1c1cccc(Cl)c1. The van der Waals surface area contributed by atoms with E-state index in [1.807, 2.05) is 31.2 Å². The van der Waals surface area contributed by atoms with E-state index in [4.69, 9.17) is 17.3 Å². The topological polar surface area (TPSA) is 55.1 Å². The molecule has 1 amide bonds. The largest absolute Gasteiger partial charge is 0.356 e. The second kappa shape index (κ2) is 5.72. The molecule has 1 aromatic rings. The molecule has 2 rings (SSSR count). The van der Waals surface area contributed by atoms with Crippen molar-refractivity contribution in [3.8, 4) is 0 Å². The van der Waals surface area contributed by atoms with Crippen LogP contribution >= 0.6 is 11.6 Å². The predicted octanol–water partition coefficient (Wildman–Crippen LogP) is 2.30. The first-order chi connectivity index (χ1) is 8.58. The normalized spacial score (nSPS) is 23.5. The summed E-state index contributed by atoms with van der Waals surface area (Å²) in [5.74, 6) is 0.580. The average Bonchev–Trinajstić information content (AvgIpc) is 3.08. The van der Waals surface area contributed by atoms with Gasteiger partial charge in [0.25, 0.3) is 0 Å². The molecule has 3 nitrogen and oxygen atoms in total. The summed E-state index contributed by atoms with van der Waals surface area (Å²) in [5.41, 5.74) is 6.80. The molecule has 0 heterocycles. The number of nitrogens with one attached hydrogen (secondary N) is 1. The summed E-state index contributed by atoms with van der Waals surface area (Å²) >= 11 is 5.95. The smallest absolute Gasteiger partial charge is 0.223 e. The van der Waals surface area contributed by atoms with Gasteiger partial charge in [-0.2, -0.15) is 0 Å². The fourth-order valence-electron chi connectivity index (χ4n) is 2.14. The Morgan fingerprint density at radius 1 is 1.61 bits per heavy atom. The molecule has 98 valence electrons. The van der Waals surface area contributed by atoms with Crippen LogP contribution in [0.15, 0.2) is 24.3 Å². The average molecular weight is 267 g/mol. The monoisotopic (exact) mass is 266 g/mol. The number of halogens is 1. The Morgan fingerprint density at radius 2 is 2.39 bits per heavy atom. The Morgan fingerprint density at radius 3 is 3.06 bits per heavy atom. The van der Waals surface area contributed by atoms with Gasteiger partial charge in [0, 0.05) is 23.5 Å². The minimum Gasteiger partial charge on any atom is -0.356 e. The first-order valence-corrected chi connectivity index (χ1v) is 6.74. The van der Waals surface area contributed by atoms with E-state index in [0.717, 1.165) is 23.4 Å². The van der Waals surface area contributed by atoms with Gasteiger partial charge in [-0.05, 0) is 43.4 Å². The van der Waals surface area contributed by atoms with Gasteiger partial charge in [0.15, 0.2) is 0 Å². The molecule has 3 atom stereocenters. The van der Waals surface area contributed by atoms with Crippen LogP contribution in [-0.4, -0.2) is 18.5 Å². The molecule has 1 saturated carbocycles. The number of hydrogen-bond donors (Lipinski definition) is 2. The van der Waals surface area contributed by atoms with Crippen LogP contribution in [0.2, 0.25) is 5.02 Å². The summed E-state index contributed by atoms with van der Waals surface area (Å²) in [6.45, 7) is 2.60. The van der Waals surface area contributed by atoms with E-state index in [1.165, 1.54) is 0 Å². The molecule has 3 N–H and O–H groups in total. The summed E-state index contributed by atoms with van der Waals surface area (Å²) in [7, 11) is 0. The van der Waals surface area contributed by atoms with Crippen molar-refractivity contribution in [3.63, 3.8) is 0 Å². The van der Waals surface area contributed by atoms with E-state index in [-0.39, 0.29) is 17.9 Å². The van der Waals surface area contributed by atoms with Crippen LogP contribution in [0.3, 0.4) is 0 Å². The van der Waals surface area contributed by atoms with Gasteiger partial charge in [-0.15, -0.1) is 0 Å². The quantitative estimate of drug-likeness (QED) is 0.859. The zero-order valence-electron chi connectivity index (χ0n) is 10.5. The van der Waals surface area contributed by atoms with Gasteiger partial charge in [0.1, 0.15) is 0 Å². The fourth-order valence-corrected chi connectivity index (χ4v) is 2.34. The van der Waals surface area contributed by atoms with E-state index >= 15 is 0 Å². The maximum atomic E-state index is 11.9. The highest BCUT2D eigenvalue weighted by Crippen LogP contribution is 2.47. The van der Waals surface area contributed by atoms with Gasteiger partial charge in [-0.1, -0.05) is 23.7 Å². The molecular weight excluding hydrogens is 248 g/mol. The molecule has 1 aliphatic carbocycles. The van der Waals surface area contributed by atoms with Gasteiger partial charge in [0.05, 0.1) is 0 Å². The molecule has 1 aromatic carbocycles. The minimum absolute atomic E-state index is 0.108. The van der Waals surface area contributed by atoms with E-state index in [2.05, 4.69) is 5.32 Å². The molecule has 0 saturated heterocycles. The second-order valence-corrected chi connectivity index (χ2v) is 5.50. The third kappa shape index (κ3) is 3.47. The van der Waals surface area contributed by atoms with Crippen LogP contribution in [0.1, 0.15) is 31.2 Å². The summed E-state index contributed by atoms with van der Waals surface area (Å²) in [5, 5.41) is 3.67. The first kappa shape index (κ1) is 13.4. The van der Waals surface area contributed by atoms with Crippen LogP contribution in [0.4, 0.5) is 0 Å². The van der Waals surface area contributed by atoms with Crippen LogP contribution in [0.25, 0.3) is 0 Å². The Labute approximate surface area is 113 Å². The molecule has 0 aliphatic heterocycles. The van der Waals surface area contributed by atoms with Crippen molar-refractivity contribution in [1.82, 2.24) is 5.32 Å². The molecule has 0 bridgehead atoms. The molecular formula is C14H19ClN2O. The molecule has 1 aliphatic rings. The zero-order valence-corrected chi connectivity index (χ0v) is 11.3. The Bertz CT molecular complexity index is 434. The number of nitrogens with two attached hydrogens (primary N) is 1. The lowest BCUT2D eigenvalue weighted by Gasteiger charge is -2.07. The van der Waals surface area contributed by atoms with Crippen LogP contribution in [0, 0.1) is 5.92 Å². The molecule has 3 unspecified atom stereocenters. The summed E-state index contributed by atoms with van der Waals surface area (Å²) in [6.07, 6.45) is 1.74. The van der Waals surface area contributed by atoms with Gasteiger partial charge in [0.2, 0.25) is 5.91 Å². The standard InChI is InChI=1S/C14H19ClN2O/c1-9(16)5-6-17-14(18)13-8-12(13)10-3-2-4-11(15)7-10/h2-4,7,9,12-13H,5-6,8,16H2,1H3,(H,17,18). The number of amides is 1. The maximum absolute atomic E-state index is 11.9. The van der Waals surface area contributed by atoms with Gasteiger partial charge in [-0.3, -0.25) is 4.79 Å². The molecule has 4 heteroatoms. The minimum atomic E-state index is 0.108. The van der Waals surface area contributed by atoms with Gasteiger partial charge < -0.3 is 11.1 Å². The highest BCUT2D eigenvalue weighted by Gasteiger charge is 2.43. The van der Waals surface area contributed by atoms with Crippen LogP contribution in [-0.2, 0) is 4.79 Å². The van der Waals surface area contributed by atoms with Crippen molar-refractivity contribution in [2.75, 3.05) is 6.54 Å². The van der Waals surface area contributed by atoms with Crippen LogP contribution < -0.4 is 11.1 Å². The van der Waals surface area contributed by atoms with Gasteiger partial charge in [-0.25, -0.2) is 0 Å². The van der Waals surface area contributed by atoms with Crippen molar-refractivity contribution < 1.29 is 4.79 Å². The van der Waals surface area contributed by atoms with Crippen molar-refractivity contribution >= 4 is 17.5 Å². The number of carbonyl (C=O) groups is 1. The van der Waals surface area contributed by atoms with E-state index in [9.17, 15) is 4.79 Å². The third-order valence-electron chi connectivity index (χ3n) is 3.30. The van der Waals surface area contributed by atoms with E-state index < -0.39 is 0 Å². The number of hydrogen-bond acceptors (Lipinski definition) is 2. The highest BCUT2D eigenvalue weighted by molar-refractivity contribution is 6.30. The Hall–Kier alpha value is -1.06. The van der Waals surface area contributed by atoms with Crippen molar-refractivity contribution in [3.05, 3.63) is 34.9 Å². The number of benzene rings is 1. The number of carbonyl (C=O) groups excluding carboxylic acids is 1. The first-order valence-electron chi connectivity index (χ1n) is 6.36. The summed E-state index contributed by atoms with van der Waals surface area (Å²) in [4.78, 5) is 11.9. The molecule has 1 fully saturated rings. The maximum Gasteiger partial charge on any atom is 0.223 e. The summed E-state index contributed by atoms with van der Waals surface area (Å²) in [6, 6.07) is 7.90. The van der Waals surface area contributed by atoms with Gasteiger partial charge >= 0.3 is 0 Å². The van der Waals surface area contributed by atoms with Crippen molar-refractivity contribution in [2.24, 2.45) is 11.7 Å². The van der Waals surface area contributed by atoms with Crippen molar-refractivity contribution in [1.29, 1.82) is 0 Å². The predicted molar refractivity (Wildman–Crippen MR) is 73.6 cm³/mol. The lowest BCUT2D eigenvalue weighted by Crippen LogP contribution is -2.30. The lowest BCUT2D eigenvalue weighted by molar-refractivity contribution is -0.122. The molecule has 18 heavy (non-hydrogen) atoms. The van der Waals surface area contributed by atoms with Crippen LogP contribution in [0.5, 0.6) is 0 Å². The highest BCUT2D eigenvalue weighted by atomic mass is 35.5. The molecule has 0 aromatic heterocycles. The Balaban J connectivity index is 1.82. The second-order valence-electron chi connectivity index (χ2n) is 5.06. The lowest BCUT2D eigenvalue weighted by atomic mass is 10.1. The third-order valence-corrected chi connectivity index (χ3v) is 3.54. The number of rotatable bonds is 5. The molecule has 0 spiro atoms. The zero-order chi connectivity index (χ0) is 13.1. The fraction of sp³-hybridized carbons (Fsp3) is 0.500. The Kier molecular flexibility index (Phi) is 4.25. The summed E-state index contributed by atoms with van der Waals surface area (Å²) < 4.78 is 0. The van der Waals surface area contributed by atoms with E-state index in [0.29, 0.717) is 12.5 Å². The van der Waals surface area contributed by atoms with Crippen molar-refractivity contribution in [2.45, 2.75) is 31.7 Å². The van der Waals surface area contributed by atoms with E-state index in [1.54, 1.807) is 0 Å².